The van der Waals surface area contributed by atoms with E-state index in [1.165, 1.54) is 0 Å². The van der Waals surface area contributed by atoms with Crippen LogP contribution in [0.4, 0.5) is 5.82 Å². The number of nitrogens with two attached hydrogens (primary N) is 2. The Hall–Kier alpha value is -1.92. The first-order chi connectivity index (χ1) is 9.10. The molecule has 96 valence electrons. The standard InChI is InChI=1S/C13H10BrN3O2/c14-7-1-2-10-8(4-7)11(18)9-3-6(5-15)12(16)17-13(9)19-10/h1-4H,5,15H2,(H2,16,17). The summed E-state index contributed by atoms with van der Waals surface area (Å²) in [7, 11) is 0. The monoisotopic (exact) mass is 319 g/mol. The highest BCUT2D eigenvalue weighted by molar-refractivity contribution is 9.10. The second kappa shape index (κ2) is 4.32. The van der Waals surface area contributed by atoms with Gasteiger partial charge in [-0.3, -0.25) is 4.79 Å². The van der Waals surface area contributed by atoms with E-state index in [0.717, 1.165) is 4.47 Å². The fraction of sp³-hybridized carbons (Fsp3) is 0.0769. The highest BCUT2D eigenvalue weighted by Crippen LogP contribution is 2.22. The van der Waals surface area contributed by atoms with Crippen LogP contribution < -0.4 is 16.9 Å². The van der Waals surface area contributed by atoms with Gasteiger partial charge in [0.2, 0.25) is 11.1 Å². The molecule has 2 aromatic heterocycles. The summed E-state index contributed by atoms with van der Waals surface area (Å²) in [6, 6.07) is 6.88. The lowest BCUT2D eigenvalue weighted by molar-refractivity contribution is 0.645. The van der Waals surface area contributed by atoms with Gasteiger partial charge in [-0.25, -0.2) is 0 Å². The first kappa shape index (κ1) is 12.1. The van der Waals surface area contributed by atoms with E-state index >= 15 is 0 Å². The Labute approximate surface area is 116 Å². The van der Waals surface area contributed by atoms with E-state index in [2.05, 4.69) is 20.9 Å². The average molecular weight is 320 g/mol. The third-order valence-corrected chi connectivity index (χ3v) is 3.45. The highest BCUT2D eigenvalue weighted by Gasteiger charge is 2.11. The maximum Gasteiger partial charge on any atom is 0.232 e. The number of benzene rings is 1. The van der Waals surface area contributed by atoms with E-state index in [0.29, 0.717) is 21.9 Å². The summed E-state index contributed by atoms with van der Waals surface area (Å²) >= 11 is 3.33. The highest BCUT2D eigenvalue weighted by atomic mass is 79.9. The van der Waals surface area contributed by atoms with Gasteiger partial charge in [-0.2, -0.15) is 4.98 Å². The summed E-state index contributed by atoms with van der Waals surface area (Å²) < 4.78 is 6.42. The molecule has 0 saturated carbocycles. The summed E-state index contributed by atoms with van der Waals surface area (Å²) in [5.41, 5.74) is 12.5. The smallest absolute Gasteiger partial charge is 0.232 e. The molecule has 0 fully saturated rings. The summed E-state index contributed by atoms with van der Waals surface area (Å²) in [4.78, 5) is 16.5. The van der Waals surface area contributed by atoms with Crippen molar-refractivity contribution in [2.24, 2.45) is 5.73 Å². The number of anilines is 1. The third kappa shape index (κ3) is 1.89. The van der Waals surface area contributed by atoms with Crippen molar-refractivity contribution in [1.29, 1.82) is 0 Å². The van der Waals surface area contributed by atoms with E-state index in [9.17, 15) is 4.79 Å². The van der Waals surface area contributed by atoms with Gasteiger partial charge in [0.05, 0.1) is 10.8 Å². The molecule has 3 aromatic rings. The molecule has 1 aromatic carbocycles. The fourth-order valence-corrected chi connectivity index (χ4v) is 2.33. The Kier molecular flexibility index (Phi) is 2.76. The molecule has 2 heterocycles. The zero-order valence-corrected chi connectivity index (χ0v) is 11.4. The molecule has 5 nitrogen and oxygen atoms in total. The lowest BCUT2D eigenvalue weighted by atomic mass is 10.1. The molecule has 0 spiro atoms. The lowest BCUT2D eigenvalue weighted by Gasteiger charge is -2.05. The molecule has 0 unspecified atom stereocenters. The Morgan fingerprint density at radius 2 is 2.05 bits per heavy atom. The Balaban J connectivity index is 2.51. The SMILES string of the molecule is NCc1cc2c(=O)c3cc(Br)ccc3oc2nc1N. The van der Waals surface area contributed by atoms with Gasteiger partial charge >= 0.3 is 0 Å². The van der Waals surface area contributed by atoms with E-state index < -0.39 is 0 Å². The van der Waals surface area contributed by atoms with Gasteiger partial charge < -0.3 is 15.9 Å². The zero-order valence-electron chi connectivity index (χ0n) is 9.81. The number of fused-ring (bicyclic) bond motifs is 2. The lowest BCUT2D eigenvalue weighted by Crippen LogP contribution is -2.08. The number of hydrogen-bond acceptors (Lipinski definition) is 5. The molecule has 0 aliphatic rings. The van der Waals surface area contributed by atoms with Crippen LogP contribution in [0.5, 0.6) is 0 Å². The topological polar surface area (TPSA) is 95.1 Å². The Morgan fingerprint density at radius 3 is 2.79 bits per heavy atom. The predicted octanol–water partition coefficient (Wildman–Crippen LogP) is 2.14. The second-order valence-electron chi connectivity index (χ2n) is 4.16. The van der Waals surface area contributed by atoms with Crippen LogP contribution in [-0.4, -0.2) is 4.98 Å². The number of aromatic nitrogens is 1. The molecular weight excluding hydrogens is 310 g/mol. The molecule has 0 aliphatic carbocycles. The van der Waals surface area contributed by atoms with E-state index in [1.54, 1.807) is 24.3 Å². The maximum atomic E-state index is 12.4. The Bertz CT molecular complexity index is 858. The molecule has 4 N–H and O–H groups in total. The van der Waals surface area contributed by atoms with Crippen molar-refractivity contribution in [3.63, 3.8) is 0 Å². The molecule has 19 heavy (non-hydrogen) atoms. The number of pyridine rings is 1. The Morgan fingerprint density at radius 1 is 1.26 bits per heavy atom. The van der Waals surface area contributed by atoms with E-state index in [1.807, 2.05) is 0 Å². The van der Waals surface area contributed by atoms with Gasteiger partial charge in [-0.15, -0.1) is 0 Å². The summed E-state index contributed by atoms with van der Waals surface area (Å²) in [6.45, 7) is 0.227. The molecular formula is C13H10BrN3O2. The van der Waals surface area contributed by atoms with Gasteiger partial charge in [0.15, 0.2) is 0 Å². The van der Waals surface area contributed by atoms with Gasteiger partial charge in [-0.1, -0.05) is 15.9 Å². The molecule has 0 radical (unpaired) electrons. The van der Waals surface area contributed by atoms with E-state index in [-0.39, 0.29) is 23.5 Å². The minimum atomic E-state index is -0.139. The van der Waals surface area contributed by atoms with Gasteiger partial charge in [0, 0.05) is 16.6 Å². The predicted molar refractivity (Wildman–Crippen MR) is 77.8 cm³/mol. The van der Waals surface area contributed by atoms with Crippen molar-refractivity contribution in [1.82, 2.24) is 4.98 Å². The molecule has 0 atom stereocenters. The van der Waals surface area contributed by atoms with Gasteiger partial charge in [0.1, 0.15) is 11.4 Å². The van der Waals surface area contributed by atoms with Crippen LogP contribution in [0.2, 0.25) is 0 Å². The van der Waals surface area contributed by atoms with Crippen LogP contribution in [0.3, 0.4) is 0 Å². The van der Waals surface area contributed by atoms with Crippen LogP contribution in [0, 0.1) is 0 Å². The van der Waals surface area contributed by atoms with Crippen LogP contribution in [0.1, 0.15) is 5.56 Å². The summed E-state index contributed by atoms with van der Waals surface area (Å²) in [5, 5.41) is 0.886. The molecule has 3 rings (SSSR count). The van der Waals surface area contributed by atoms with Crippen LogP contribution in [0.25, 0.3) is 22.1 Å². The summed E-state index contributed by atoms with van der Waals surface area (Å²) in [6.07, 6.45) is 0. The molecule has 0 amide bonds. The third-order valence-electron chi connectivity index (χ3n) is 2.96. The summed E-state index contributed by atoms with van der Waals surface area (Å²) in [5.74, 6) is 0.287. The number of hydrogen-bond donors (Lipinski definition) is 2. The van der Waals surface area contributed by atoms with Crippen molar-refractivity contribution in [3.8, 4) is 0 Å². The number of nitrogen functional groups attached to an aromatic ring is 1. The zero-order chi connectivity index (χ0) is 13.6. The van der Waals surface area contributed by atoms with Crippen molar-refractivity contribution in [3.05, 3.63) is 44.5 Å². The molecule has 0 bridgehead atoms. The first-order valence-electron chi connectivity index (χ1n) is 5.61. The van der Waals surface area contributed by atoms with E-state index in [4.69, 9.17) is 15.9 Å². The number of nitrogens with zero attached hydrogens (tertiary/aromatic N) is 1. The number of rotatable bonds is 1. The normalized spacial score (nSPS) is 11.3. The largest absolute Gasteiger partial charge is 0.437 e. The minimum Gasteiger partial charge on any atom is -0.437 e. The quantitative estimate of drug-likeness (QED) is 0.670. The van der Waals surface area contributed by atoms with Crippen LogP contribution >= 0.6 is 15.9 Å². The minimum absolute atomic E-state index is 0.139. The molecule has 0 aliphatic heterocycles. The van der Waals surface area contributed by atoms with Crippen molar-refractivity contribution in [2.45, 2.75) is 6.54 Å². The van der Waals surface area contributed by atoms with Crippen molar-refractivity contribution >= 4 is 43.8 Å². The molecule has 6 heteroatoms. The second-order valence-corrected chi connectivity index (χ2v) is 5.08. The first-order valence-corrected chi connectivity index (χ1v) is 6.41. The fourth-order valence-electron chi connectivity index (χ4n) is 1.97. The van der Waals surface area contributed by atoms with Crippen LogP contribution in [0.15, 0.2) is 37.9 Å². The number of halogens is 1. The van der Waals surface area contributed by atoms with Gasteiger partial charge in [-0.05, 0) is 24.3 Å². The van der Waals surface area contributed by atoms with Crippen molar-refractivity contribution in [2.75, 3.05) is 5.73 Å². The molecule has 0 saturated heterocycles. The average Bonchev–Trinajstić information content (AvgIpc) is 2.39. The van der Waals surface area contributed by atoms with Crippen molar-refractivity contribution < 1.29 is 4.42 Å². The van der Waals surface area contributed by atoms with Gasteiger partial charge in [0.25, 0.3) is 0 Å². The van der Waals surface area contributed by atoms with Crippen LogP contribution in [-0.2, 0) is 6.54 Å². The maximum absolute atomic E-state index is 12.4.